The maximum Gasteiger partial charge on any atom is 0.338 e. The molecule has 0 nitrogen and oxygen atoms in total. The Hall–Kier alpha value is -0.623. The second kappa shape index (κ2) is 6.65. The number of rotatable bonds is 7. The van der Waals surface area contributed by atoms with E-state index in [1.54, 1.807) is 30.3 Å². The van der Waals surface area contributed by atoms with Crippen molar-refractivity contribution in [3.8, 4) is 0 Å². The first-order valence-corrected chi connectivity index (χ1v) is 10.6. The quantitative estimate of drug-likeness (QED) is 0.343. The molecule has 1 rings (SSSR count). The molecule has 21 heavy (non-hydrogen) atoms. The molecule has 0 heterocycles. The predicted molar refractivity (Wildman–Crippen MR) is 77.5 cm³/mol. The van der Waals surface area contributed by atoms with Crippen molar-refractivity contribution in [1.29, 1.82) is 0 Å². The Morgan fingerprint density at radius 3 is 2.05 bits per heavy atom. The van der Waals surface area contributed by atoms with E-state index in [4.69, 9.17) is 11.1 Å². The van der Waals surface area contributed by atoms with Crippen molar-refractivity contribution in [1.82, 2.24) is 0 Å². The maximum absolute atomic E-state index is 14.7. The molecular weight excluding hydrogens is 327 g/mol. The Bertz CT molecular complexity index is 446. The van der Waals surface area contributed by atoms with Crippen LogP contribution in [0.25, 0.3) is 0 Å². The standard InChI is InChI=1S/C14H18ClF5Si/c1-21(2,15)13(18,14(19,20)12(16)17)10-6-9-11-7-4-3-5-8-11/h3-5,7-8,12H,6,9-10H2,1-2H3. The van der Waals surface area contributed by atoms with E-state index in [9.17, 15) is 22.0 Å². The van der Waals surface area contributed by atoms with Gasteiger partial charge in [0.15, 0.2) is 12.7 Å². The van der Waals surface area contributed by atoms with Crippen LogP contribution in [-0.4, -0.2) is 25.0 Å². The van der Waals surface area contributed by atoms with Crippen LogP contribution in [0.2, 0.25) is 13.1 Å². The smallest absolute Gasteiger partial charge is 0.239 e. The molecule has 0 radical (unpaired) electrons. The molecule has 0 amide bonds. The van der Waals surface area contributed by atoms with Crippen molar-refractivity contribution in [2.45, 2.75) is 50.0 Å². The van der Waals surface area contributed by atoms with Gasteiger partial charge in [-0.2, -0.15) is 19.9 Å². The van der Waals surface area contributed by atoms with Gasteiger partial charge in [0.2, 0.25) is 0 Å². The van der Waals surface area contributed by atoms with Crippen LogP contribution in [0.4, 0.5) is 22.0 Å². The summed E-state index contributed by atoms with van der Waals surface area (Å²) in [5.74, 6) is -4.73. The van der Waals surface area contributed by atoms with Gasteiger partial charge in [-0.3, -0.25) is 0 Å². The summed E-state index contributed by atoms with van der Waals surface area (Å²) >= 11 is 5.80. The lowest BCUT2D eigenvalue weighted by Crippen LogP contribution is -2.62. The third-order valence-corrected chi connectivity index (χ3v) is 6.94. The van der Waals surface area contributed by atoms with Crippen LogP contribution in [0.3, 0.4) is 0 Å². The van der Waals surface area contributed by atoms with E-state index >= 15 is 0 Å². The summed E-state index contributed by atoms with van der Waals surface area (Å²) in [6.07, 6.45) is -4.37. The summed E-state index contributed by atoms with van der Waals surface area (Å²) < 4.78 is 67.1. The molecule has 0 saturated heterocycles. The van der Waals surface area contributed by atoms with Gasteiger partial charge in [-0.25, -0.2) is 13.2 Å². The molecule has 1 atom stereocenters. The van der Waals surface area contributed by atoms with Gasteiger partial charge in [0, 0.05) is 0 Å². The van der Waals surface area contributed by atoms with Gasteiger partial charge in [0.1, 0.15) is 0 Å². The van der Waals surface area contributed by atoms with Crippen LogP contribution in [0, 0.1) is 0 Å². The maximum atomic E-state index is 14.7. The highest BCUT2D eigenvalue weighted by atomic mass is 35.6. The molecule has 0 aliphatic rings. The molecule has 0 bridgehead atoms. The lowest BCUT2D eigenvalue weighted by Gasteiger charge is -2.39. The Morgan fingerprint density at radius 2 is 1.62 bits per heavy atom. The van der Waals surface area contributed by atoms with Crippen LogP contribution in [0.1, 0.15) is 18.4 Å². The van der Waals surface area contributed by atoms with Crippen LogP contribution in [0.15, 0.2) is 30.3 Å². The molecule has 0 N–H and O–H groups in total. The fourth-order valence-electron chi connectivity index (χ4n) is 2.21. The minimum atomic E-state index is -4.73. The summed E-state index contributed by atoms with van der Waals surface area (Å²) in [4.78, 5) is 0. The van der Waals surface area contributed by atoms with E-state index < -0.39 is 31.4 Å². The molecule has 0 spiro atoms. The Labute approximate surface area is 127 Å². The summed E-state index contributed by atoms with van der Waals surface area (Å²) in [6.45, 7) is 2.26. The summed E-state index contributed by atoms with van der Waals surface area (Å²) in [6, 6.07) is 8.88. The molecule has 0 aliphatic carbocycles. The molecule has 0 aromatic heterocycles. The highest BCUT2D eigenvalue weighted by Gasteiger charge is 2.67. The van der Waals surface area contributed by atoms with E-state index in [0.717, 1.165) is 18.7 Å². The Kier molecular flexibility index (Phi) is 5.83. The topological polar surface area (TPSA) is 0 Å². The van der Waals surface area contributed by atoms with Crippen molar-refractivity contribution in [3.63, 3.8) is 0 Å². The van der Waals surface area contributed by atoms with Crippen LogP contribution in [0.5, 0.6) is 0 Å². The van der Waals surface area contributed by atoms with E-state index in [-0.39, 0.29) is 6.42 Å². The largest absolute Gasteiger partial charge is 0.338 e. The zero-order valence-corrected chi connectivity index (χ0v) is 13.6. The number of aryl methyl sites for hydroxylation is 1. The molecule has 1 aromatic rings. The lowest BCUT2D eigenvalue weighted by molar-refractivity contribution is -0.190. The van der Waals surface area contributed by atoms with Crippen LogP contribution < -0.4 is 0 Å². The highest BCUT2D eigenvalue weighted by Crippen LogP contribution is 2.48. The molecule has 1 unspecified atom stereocenters. The Balaban J connectivity index is 2.85. The van der Waals surface area contributed by atoms with E-state index in [0.29, 0.717) is 6.42 Å². The number of hydrogen-bond donors (Lipinski definition) is 0. The minimum absolute atomic E-state index is 0.0337. The van der Waals surface area contributed by atoms with Gasteiger partial charge < -0.3 is 0 Å². The molecular formula is C14H18ClF5Si. The summed E-state index contributed by atoms with van der Waals surface area (Å²) in [5, 5.41) is -3.34. The lowest BCUT2D eigenvalue weighted by atomic mass is 10.0. The van der Waals surface area contributed by atoms with E-state index in [1.807, 2.05) is 0 Å². The summed E-state index contributed by atoms with van der Waals surface area (Å²) in [5.41, 5.74) is 0.842. The molecule has 1 aromatic carbocycles. The van der Waals surface area contributed by atoms with Gasteiger partial charge in [0.25, 0.3) is 0 Å². The second-order valence-electron chi connectivity index (χ2n) is 5.54. The van der Waals surface area contributed by atoms with E-state index in [1.165, 1.54) is 0 Å². The first kappa shape index (κ1) is 18.4. The zero-order valence-electron chi connectivity index (χ0n) is 11.9. The third kappa shape index (κ3) is 3.97. The number of alkyl halides is 5. The molecule has 0 aliphatic heterocycles. The zero-order chi connectivity index (χ0) is 16.3. The molecule has 0 fully saturated rings. The fourth-order valence-corrected chi connectivity index (χ4v) is 4.55. The highest BCUT2D eigenvalue weighted by molar-refractivity contribution is 7.20. The summed E-state index contributed by atoms with van der Waals surface area (Å²) in [7, 11) is -3.67. The van der Waals surface area contributed by atoms with Crippen LogP contribution >= 0.6 is 11.1 Å². The van der Waals surface area contributed by atoms with Gasteiger partial charge in [0.05, 0.1) is 0 Å². The molecule has 120 valence electrons. The minimum Gasteiger partial charge on any atom is -0.239 e. The average molecular weight is 345 g/mol. The van der Waals surface area contributed by atoms with Crippen molar-refractivity contribution >= 4 is 18.5 Å². The number of benzene rings is 1. The van der Waals surface area contributed by atoms with Gasteiger partial charge in [-0.15, -0.1) is 0 Å². The van der Waals surface area contributed by atoms with Crippen molar-refractivity contribution < 1.29 is 22.0 Å². The number of halogens is 6. The number of hydrogen-bond acceptors (Lipinski definition) is 0. The normalized spacial score (nSPS) is 16.0. The molecule has 7 heteroatoms. The first-order chi connectivity index (χ1) is 9.52. The van der Waals surface area contributed by atoms with Crippen molar-refractivity contribution in [2.75, 3.05) is 0 Å². The van der Waals surface area contributed by atoms with Crippen molar-refractivity contribution in [3.05, 3.63) is 35.9 Å². The molecule has 0 saturated carbocycles. The first-order valence-electron chi connectivity index (χ1n) is 6.60. The average Bonchev–Trinajstić information content (AvgIpc) is 2.38. The predicted octanol–water partition coefficient (Wildman–Crippen LogP) is 5.60. The third-order valence-electron chi connectivity index (χ3n) is 3.57. The fraction of sp³-hybridized carbons (Fsp3) is 0.571. The monoisotopic (exact) mass is 344 g/mol. The van der Waals surface area contributed by atoms with Gasteiger partial charge >= 0.3 is 12.3 Å². The van der Waals surface area contributed by atoms with E-state index in [2.05, 4.69) is 0 Å². The SMILES string of the molecule is C[Si](C)(Cl)C(F)(CCCc1ccccc1)C(F)(F)C(F)F. The van der Waals surface area contributed by atoms with Crippen molar-refractivity contribution in [2.24, 2.45) is 0 Å². The van der Waals surface area contributed by atoms with Gasteiger partial charge in [-0.1, -0.05) is 43.4 Å². The van der Waals surface area contributed by atoms with Gasteiger partial charge in [-0.05, 0) is 24.8 Å². The second-order valence-corrected chi connectivity index (χ2v) is 12.1. The van der Waals surface area contributed by atoms with Crippen LogP contribution in [-0.2, 0) is 6.42 Å². The Morgan fingerprint density at radius 1 is 1.10 bits per heavy atom.